The summed E-state index contributed by atoms with van der Waals surface area (Å²) in [6, 6.07) is 11.5. The summed E-state index contributed by atoms with van der Waals surface area (Å²) in [6.07, 6.45) is -4.83. The Bertz CT molecular complexity index is 607. The van der Waals surface area contributed by atoms with E-state index >= 15 is 0 Å². The van der Waals surface area contributed by atoms with Crippen LogP contribution in [0.3, 0.4) is 0 Å². The maximum Gasteiger partial charge on any atom is 0.425 e. The molecule has 0 aliphatic heterocycles. The van der Waals surface area contributed by atoms with Crippen molar-refractivity contribution >= 4 is 15.9 Å². The zero-order valence-electron chi connectivity index (χ0n) is 10.6. The number of aliphatic hydroxyl groups is 1. The molecule has 0 aliphatic rings. The standard InChI is InChI=1S/C15H12BrF3O/c1-10-6-8-11(9-7-10)14(20,15(17,18)19)12-4-2-3-5-13(12)16/h2-9,20H,1H3. The zero-order valence-corrected chi connectivity index (χ0v) is 12.2. The van der Waals surface area contributed by atoms with Gasteiger partial charge in [-0.3, -0.25) is 0 Å². The van der Waals surface area contributed by atoms with E-state index in [1.807, 2.05) is 0 Å². The van der Waals surface area contributed by atoms with Gasteiger partial charge < -0.3 is 5.11 Å². The van der Waals surface area contributed by atoms with Gasteiger partial charge in [0.25, 0.3) is 0 Å². The highest BCUT2D eigenvalue weighted by Crippen LogP contribution is 2.46. The zero-order chi connectivity index (χ0) is 15.0. The average molecular weight is 345 g/mol. The summed E-state index contributed by atoms with van der Waals surface area (Å²) < 4.78 is 40.7. The van der Waals surface area contributed by atoms with Gasteiger partial charge in [-0.1, -0.05) is 64.0 Å². The smallest absolute Gasteiger partial charge is 0.372 e. The molecule has 1 N–H and O–H groups in total. The predicted octanol–water partition coefficient (Wildman–Crippen LogP) is 4.56. The molecule has 0 bridgehead atoms. The van der Waals surface area contributed by atoms with E-state index in [0.717, 1.165) is 5.56 Å². The number of halogens is 4. The Kier molecular flexibility index (Phi) is 3.93. The van der Waals surface area contributed by atoms with Gasteiger partial charge in [-0.2, -0.15) is 13.2 Å². The molecule has 106 valence electrons. The predicted molar refractivity (Wildman–Crippen MR) is 74.4 cm³/mol. The van der Waals surface area contributed by atoms with Crippen molar-refractivity contribution in [2.75, 3.05) is 0 Å². The lowest BCUT2D eigenvalue weighted by atomic mass is 9.85. The van der Waals surface area contributed by atoms with Crippen LogP contribution >= 0.6 is 15.9 Å². The van der Waals surface area contributed by atoms with Gasteiger partial charge in [0.1, 0.15) is 0 Å². The van der Waals surface area contributed by atoms with Crippen molar-refractivity contribution in [1.29, 1.82) is 0 Å². The molecule has 0 saturated carbocycles. The summed E-state index contributed by atoms with van der Waals surface area (Å²) in [5.41, 5.74) is -2.65. The molecule has 0 aromatic heterocycles. The Labute approximate surface area is 123 Å². The van der Waals surface area contributed by atoms with Gasteiger partial charge in [0.05, 0.1) is 0 Å². The fraction of sp³-hybridized carbons (Fsp3) is 0.200. The maximum atomic E-state index is 13.5. The van der Waals surface area contributed by atoms with Crippen molar-refractivity contribution in [3.8, 4) is 0 Å². The molecular weight excluding hydrogens is 333 g/mol. The van der Waals surface area contributed by atoms with E-state index < -0.39 is 11.8 Å². The molecule has 1 atom stereocenters. The van der Waals surface area contributed by atoms with Crippen LogP contribution < -0.4 is 0 Å². The minimum absolute atomic E-state index is 0.206. The summed E-state index contributed by atoms with van der Waals surface area (Å²) >= 11 is 3.08. The van der Waals surface area contributed by atoms with Crippen molar-refractivity contribution in [3.63, 3.8) is 0 Å². The molecule has 1 nitrogen and oxygen atoms in total. The van der Waals surface area contributed by atoms with Crippen LogP contribution in [0, 0.1) is 6.92 Å². The number of hydrogen-bond donors (Lipinski definition) is 1. The largest absolute Gasteiger partial charge is 0.425 e. The molecule has 0 amide bonds. The lowest BCUT2D eigenvalue weighted by Crippen LogP contribution is -2.43. The van der Waals surface area contributed by atoms with Crippen molar-refractivity contribution < 1.29 is 18.3 Å². The fourth-order valence-corrected chi connectivity index (χ4v) is 2.59. The Balaban J connectivity index is 2.70. The van der Waals surface area contributed by atoms with Crippen LogP contribution in [0.1, 0.15) is 16.7 Å². The third kappa shape index (κ3) is 2.47. The monoisotopic (exact) mass is 344 g/mol. The summed E-state index contributed by atoms with van der Waals surface area (Å²) in [7, 11) is 0. The van der Waals surface area contributed by atoms with Gasteiger partial charge in [-0.15, -0.1) is 0 Å². The Morgan fingerprint density at radius 3 is 2.00 bits per heavy atom. The van der Waals surface area contributed by atoms with Crippen molar-refractivity contribution in [2.45, 2.75) is 18.7 Å². The number of aryl methyl sites for hydroxylation is 1. The molecule has 5 heteroatoms. The second-order valence-corrected chi connectivity index (χ2v) is 5.41. The first-order valence-corrected chi connectivity index (χ1v) is 6.67. The lowest BCUT2D eigenvalue weighted by Gasteiger charge is -2.32. The van der Waals surface area contributed by atoms with Crippen LogP contribution in [0.15, 0.2) is 53.0 Å². The van der Waals surface area contributed by atoms with Gasteiger partial charge in [0.2, 0.25) is 5.60 Å². The summed E-state index contributed by atoms with van der Waals surface area (Å²) in [5.74, 6) is 0. The molecule has 20 heavy (non-hydrogen) atoms. The van der Waals surface area contributed by atoms with E-state index in [0.29, 0.717) is 0 Å². The molecule has 0 fully saturated rings. The molecule has 2 aromatic rings. The molecular formula is C15H12BrF3O. The maximum absolute atomic E-state index is 13.5. The molecule has 1 unspecified atom stereocenters. The summed E-state index contributed by atoms with van der Waals surface area (Å²) in [5, 5.41) is 10.4. The van der Waals surface area contributed by atoms with E-state index in [-0.39, 0.29) is 15.6 Å². The van der Waals surface area contributed by atoms with Crippen molar-refractivity contribution in [2.24, 2.45) is 0 Å². The third-order valence-corrected chi connectivity index (χ3v) is 3.83. The first-order chi connectivity index (χ1) is 9.26. The highest BCUT2D eigenvalue weighted by molar-refractivity contribution is 9.10. The molecule has 0 saturated heterocycles. The van der Waals surface area contributed by atoms with Gasteiger partial charge in [-0.05, 0) is 18.6 Å². The van der Waals surface area contributed by atoms with E-state index in [2.05, 4.69) is 15.9 Å². The van der Waals surface area contributed by atoms with Crippen molar-refractivity contribution in [1.82, 2.24) is 0 Å². The van der Waals surface area contributed by atoms with Crippen LogP contribution in [0.4, 0.5) is 13.2 Å². The minimum atomic E-state index is -4.83. The topological polar surface area (TPSA) is 20.2 Å². The number of rotatable bonds is 2. The number of benzene rings is 2. The van der Waals surface area contributed by atoms with E-state index in [9.17, 15) is 18.3 Å². The van der Waals surface area contributed by atoms with E-state index in [1.54, 1.807) is 25.1 Å². The number of alkyl halides is 3. The Morgan fingerprint density at radius 2 is 1.50 bits per heavy atom. The molecule has 2 aromatic carbocycles. The van der Waals surface area contributed by atoms with Crippen LogP contribution in [0.25, 0.3) is 0 Å². The second-order valence-electron chi connectivity index (χ2n) is 4.55. The highest BCUT2D eigenvalue weighted by atomic mass is 79.9. The first kappa shape index (κ1) is 15.1. The average Bonchev–Trinajstić information content (AvgIpc) is 2.38. The molecule has 2 rings (SSSR count). The minimum Gasteiger partial charge on any atom is -0.372 e. The fourth-order valence-electron chi connectivity index (χ4n) is 2.02. The SMILES string of the molecule is Cc1ccc(C(O)(c2ccccc2Br)C(F)(F)F)cc1. The van der Waals surface area contributed by atoms with Gasteiger partial charge in [0.15, 0.2) is 0 Å². The summed E-state index contributed by atoms with van der Waals surface area (Å²) in [4.78, 5) is 0. The Hall–Kier alpha value is -1.33. The van der Waals surface area contributed by atoms with Crippen LogP contribution in [0.5, 0.6) is 0 Å². The quantitative estimate of drug-likeness (QED) is 0.846. The van der Waals surface area contributed by atoms with Crippen LogP contribution in [-0.2, 0) is 5.60 Å². The normalized spacial score (nSPS) is 14.9. The van der Waals surface area contributed by atoms with Gasteiger partial charge in [0, 0.05) is 10.0 Å². The van der Waals surface area contributed by atoms with E-state index in [1.165, 1.54) is 30.3 Å². The second kappa shape index (κ2) is 5.22. The van der Waals surface area contributed by atoms with Crippen LogP contribution in [0.2, 0.25) is 0 Å². The molecule has 0 heterocycles. The van der Waals surface area contributed by atoms with Gasteiger partial charge >= 0.3 is 6.18 Å². The Morgan fingerprint density at radius 1 is 0.950 bits per heavy atom. The highest BCUT2D eigenvalue weighted by Gasteiger charge is 2.56. The number of hydrogen-bond acceptors (Lipinski definition) is 1. The molecule has 0 spiro atoms. The van der Waals surface area contributed by atoms with Gasteiger partial charge in [-0.25, -0.2) is 0 Å². The molecule has 0 radical (unpaired) electrons. The first-order valence-electron chi connectivity index (χ1n) is 5.88. The van der Waals surface area contributed by atoms with Crippen LogP contribution in [-0.4, -0.2) is 11.3 Å². The lowest BCUT2D eigenvalue weighted by molar-refractivity contribution is -0.248. The third-order valence-electron chi connectivity index (χ3n) is 3.14. The summed E-state index contributed by atoms with van der Waals surface area (Å²) in [6.45, 7) is 1.77. The van der Waals surface area contributed by atoms with Crippen molar-refractivity contribution in [3.05, 3.63) is 69.7 Å². The molecule has 0 aliphatic carbocycles. The van der Waals surface area contributed by atoms with E-state index in [4.69, 9.17) is 0 Å².